The molecule has 1 aliphatic heterocycles. The summed E-state index contributed by atoms with van der Waals surface area (Å²) in [7, 11) is 0. The van der Waals surface area contributed by atoms with Gasteiger partial charge in [-0.25, -0.2) is 4.79 Å². The van der Waals surface area contributed by atoms with Gasteiger partial charge >= 0.3 is 6.03 Å². The fourth-order valence-corrected chi connectivity index (χ4v) is 3.20. The number of imide groups is 1. The van der Waals surface area contributed by atoms with Crippen molar-refractivity contribution >= 4 is 17.8 Å². The Kier molecular flexibility index (Phi) is 5.65. The summed E-state index contributed by atoms with van der Waals surface area (Å²) in [5.74, 6) is 0.144. The number of unbranched alkanes of at least 4 members (excludes halogenated alkanes) is 1. The van der Waals surface area contributed by atoms with E-state index in [0.29, 0.717) is 12.5 Å². The first-order valence-electron chi connectivity index (χ1n) is 8.83. The van der Waals surface area contributed by atoms with E-state index in [1.807, 2.05) is 0 Å². The maximum absolute atomic E-state index is 12.5. The van der Waals surface area contributed by atoms with Crippen LogP contribution in [0, 0.1) is 11.8 Å². The zero-order valence-corrected chi connectivity index (χ0v) is 14.5. The Morgan fingerprint density at radius 1 is 1.39 bits per heavy atom. The quantitative estimate of drug-likeness (QED) is 0.637. The molecule has 1 heterocycles. The Bertz CT molecular complexity index is 476. The zero-order valence-electron chi connectivity index (χ0n) is 14.5. The molecule has 2 atom stereocenters. The molecule has 1 aliphatic carbocycles. The molecular weight excluding hydrogens is 294 g/mol. The lowest BCUT2D eigenvalue weighted by Gasteiger charge is -2.21. The Hall–Kier alpha value is -1.59. The fourth-order valence-electron chi connectivity index (χ4n) is 3.20. The van der Waals surface area contributed by atoms with E-state index in [1.165, 1.54) is 0 Å². The summed E-state index contributed by atoms with van der Waals surface area (Å²) in [5, 5.41) is 5.63. The number of carbonyl (C=O) groups excluding carboxylic acids is 3. The smallest absolute Gasteiger partial charge is 0.325 e. The van der Waals surface area contributed by atoms with Crippen molar-refractivity contribution in [3.05, 3.63) is 0 Å². The molecule has 23 heavy (non-hydrogen) atoms. The van der Waals surface area contributed by atoms with Gasteiger partial charge in [0, 0.05) is 6.54 Å². The van der Waals surface area contributed by atoms with Crippen LogP contribution in [0.2, 0.25) is 0 Å². The van der Waals surface area contributed by atoms with Crippen molar-refractivity contribution in [2.75, 3.05) is 13.1 Å². The predicted octanol–water partition coefficient (Wildman–Crippen LogP) is 2.04. The average Bonchev–Trinajstić information content (AvgIpc) is 3.34. The number of rotatable bonds is 9. The maximum atomic E-state index is 12.5. The highest BCUT2D eigenvalue weighted by molar-refractivity contribution is 6.09. The minimum Gasteiger partial charge on any atom is -0.354 e. The lowest BCUT2D eigenvalue weighted by atomic mass is 9.96. The van der Waals surface area contributed by atoms with Crippen LogP contribution < -0.4 is 10.6 Å². The monoisotopic (exact) mass is 323 g/mol. The van der Waals surface area contributed by atoms with Gasteiger partial charge in [-0.3, -0.25) is 14.5 Å². The summed E-state index contributed by atoms with van der Waals surface area (Å²) in [6.45, 7) is 6.46. The minimum atomic E-state index is -0.815. The highest BCUT2D eigenvalue weighted by Crippen LogP contribution is 2.42. The Morgan fingerprint density at radius 2 is 2.09 bits per heavy atom. The van der Waals surface area contributed by atoms with Gasteiger partial charge in [0.1, 0.15) is 12.1 Å². The third-order valence-corrected chi connectivity index (χ3v) is 5.13. The predicted molar refractivity (Wildman–Crippen MR) is 87.7 cm³/mol. The van der Waals surface area contributed by atoms with Gasteiger partial charge in [-0.05, 0) is 38.0 Å². The summed E-state index contributed by atoms with van der Waals surface area (Å²) in [6.07, 6.45) is 6.32. The molecule has 0 radical (unpaired) electrons. The van der Waals surface area contributed by atoms with Crippen molar-refractivity contribution in [3.63, 3.8) is 0 Å². The van der Waals surface area contributed by atoms with Gasteiger partial charge < -0.3 is 10.6 Å². The molecule has 6 nitrogen and oxygen atoms in total. The van der Waals surface area contributed by atoms with Crippen molar-refractivity contribution in [1.29, 1.82) is 0 Å². The van der Waals surface area contributed by atoms with Crippen molar-refractivity contribution in [3.8, 4) is 0 Å². The van der Waals surface area contributed by atoms with Crippen molar-refractivity contribution in [2.45, 2.75) is 64.8 Å². The van der Waals surface area contributed by atoms with Crippen LogP contribution in [0.3, 0.4) is 0 Å². The first-order chi connectivity index (χ1) is 10.9. The van der Waals surface area contributed by atoms with E-state index < -0.39 is 11.6 Å². The third kappa shape index (κ3) is 4.03. The van der Waals surface area contributed by atoms with Gasteiger partial charge in [-0.15, -0.1) is 0 Å². The second-order valence-electron chi connectivity index (χ2n) is 7.02. The van der Waals surface area contributed by atoms with Crippen LogP contribution in [0.5, 0.6) is 0 Å². The highest BCUT2D eigenvalue weighted by Gasteiger charge is 2.56. The summed E-state index contributed by atoms with van der Waals surface area (Å²) in [6, 6.07) is -0.447. The number of hydrogen-bond acceptors (Lipinski definition) is 3. The molecule has 0 aromatic rings. The van der Waals surface area contributed by atoms with E-state index >= 15 is 0 Å². The molecule has 2 aliphatic rings. The third-order valence-electron chi connectivity index (χ3n) is 5.13. The van der Waals surface area contributed by atoms with Crippen molar-refractivity contribution in [1.82, 2.24) is 15.5 Å². The zero-order chi connectivity index (χ0) is 17.0. The molecule has 0 bridgehead atoms. The van der Waals surface area contributed by atoms with Crippen LogP contribution in [0.25, 0.3) is 0 Å². The molecule has 4 amide bonds. The fraction of sp³-hybridized carbons (Fsp3) is 0.824. The molecule has 2 fully saturated rings. The molecule has 1 saturated heterocycles. The Morgan fingerprint density at radius 3 is 2.65 bits per heavy atom. The molecular formula is C17H29N3O3. The van der Waals surface area contributed by atoms with Crippen LogP contribution >= 0.6 is 0 Å². The van der Waals surface area contributed by atoms with Gasteiger partial charge in [-0.2, -0.15) is 0 Å². The largest absolute Gasteiger partial charge is 0.354 e. The molecule has 2 N–H and O–H groups in total. The number of nitrogens with zero attached hydrogens (tertiary/aromatic N) is 1. The molecule has 0 aromatic carbocycles. The molecule has 1 saturated carbocycles. The van der Waals surface area contributed by atoms with E-state index in [4.69, 9.17) is 0 Å². The minimum absolute atomic E-state index is 0.183. The second kappa shape index (κ2) is 7.32. The standard InChI is InChI=1S/C17H29N3O3/c1-4-6-7-12(5-2)10-18-14(21)11-20-15(22)17(3,13-8-9-13)19-16(20)23/h12-13H,4-11H2,1-3H3,(H,18,21)(H,19,23). The van der Waals surface area contributed by atoms with E-state index in [2.05, 4.69) is 24.5 Å². The van der Waals surface area contributed by atoms with Crippen LogP contribution in [0.15, 0.2) is 0 Å². The first-order valence-corrected chi connectivity index (χ1v) is 8.83. The van der Waals surface area contributed by atoms with Gasteiger partial charge in [-0.1, -0.05) is 33.1 Å². The van der Waals surface area contributed by atoms with Crippen molar-refractivity contribution in [2.24, 2.45) is 11.8 Å². The lowest BCUT2D eigenvalue weighted by Crippen LogP contribution is -2.47. The van der Waals surface area contributed by atoms with Gasteiger partial charge in [0.15, 0.2) is 0 Å². The van der Waals surface area contributed by atoms with E-state index in [1.54, 1.807) is 6.92 Å². The molecule has 0 aromatic heterocycles. The normalized spacial score (nSPS) is 25.4. The van der Waals surface area contributed by atoms with E-state index in [0.717, 1.165) is 43.4 Å². The SMILES string of the molecule is CCCCC(CC)CNC(=O)CN1C(=O)NC(C)(C2CC2)C1=O. The number of urea groups is 1. The van der Waals surface area contributed by atoms with Gasteiger partial charge in [0.05, 0.1) is 0 Å². The summed E-state index contributed by atoms with van der Waals surface area (Å²) in [5.41, 5.74) is -0.815. The number of hydrogen-bond donors (Lipinski definition) is 2. The topological polar surface area (TPSA) is 78.5 Å². The maximum Gasteiger partial charge on any atom is 0.325 e. The Balaban J connectivity index is 1.83. The van der Waals surface area contributed by atoms with Crippen molar-refractivity contribution < 1.29 is 14.4 Å². The van der Waals surface area contributed by atoms with Crippen LogP contribution in [-0.4, -0.2) is 41.4 Å². The molecule has 6 heteroatoms. The Labute approximate surface area is 138 Å². The summed E-state index contributed by atoms with van der Waals surface area (Å²) < 4.78 is 0. The summed E-state index contributed by atoms with van der Waals surface area (Å²) in [4.78, 5) is 37.6. The number of nitrogens with one attached hydrogen (secondary N) is 2. The molecule has 0 spiro atoms. The van der Waals surface area contributed by atoms with Crippen LogP contribution in [-0.2, 0) is 9.59 Å². The highest BCUT2D eigenvalue weighted by atomic mass is 16.2. The number of carbonyl (C=O) groups is 3. The van der Waals surface area contributed by atoms with Gasteiger partial charge in [0.2, 0.25) is 5.91 Å². The van der Waals surface area contributed by atoms with Gasteiger partial charge in [0.25, 0.3) is 5.91 Å². The first kappa shape index (κ1) is 17.8. The van der Waals surface area contributed by atoms with E-state index in [-0.39, 0.29) is 24.3 Å². The van der Waals surface area contributed by atoms with E-state index in [9.17, 15) is 14.4 Å². The molecule has 130 valence electrons. The summed E-state index contributed by atoms with van der Waals surface area (Å²) >= 11 is 0. The molecule has 2 rings (SSSR count). The average molecular weight is 323 g/mol. The number of amides is 4. The second-order valence-corrected chi connectivity index (χ2v) is 7.02. The molecule has 2 unspecified atom stereocenters. The van der Waals surface area contributed by atoms with Crippen LogP contribution in [0.1, 0.15) is 59.3 Å². The van der Waals surface area contributed by atoms with Crippen LogP contribution in [0.4, 0.5) is 4.79 Å². The lowest BCUT2D eigenvalue weighted by molar-refractivity contribution is -0.135.